The zero-order valence-electron chi connectivity index (χ0n) is 7.84. The molecule has 0 bridgehead atoms. The lowest BCUT2D eigenvalue weighted by Crippen LogP contribution is -2.39. The lowest BCUT2D eigenvalue weighted by Gasteiger charge is -2.28. The van der Waals surface area contributed by atoms with Gasteiger partial charge >= 0.3 is 0 Å². The van der Waals surface area contributed by atoms with Crippen LogP contribution in [0.15, 0.2) is 0 Å². The van der Waals surface area contributed by atoms with Crippen molar-refractivity contribution in [2.24, 2.45) is 0 Å². The highest BCUT2D eigenvalue weighted by Crippen LogP contribution is 2.14. The zero-order chi connectivity index (χ0) is 8.27. The number of hydrogen-bond donors (Lipinski definition) is 0. The molecule has 1 heterocycles. The Balaban J connectivity index is 2.32. The standard InChI is InChI=1S/C9H19NO/c1-8(9(2)11-3)10-6-4-5-7-10/h8-9H,4-7H2,1-3H3/t8-,9?/m1/s1. The molecule has 0 spiro atoms. The first-order valence-electron chi connectivity index (χ1n) is 4.52. The topological polar surface area (TPSA) is 12.5 Å². The van der Waals surface area contributed by atoms with Gasteiger partial charge in [0.1, 0.15) is 0 Å². The lowest BCUT2D eigenvalue weighted by molar-refractivity contribution is 0.0432. The van der Waals surface area contributed by atoms with Crippen LogP contribution in [0, 0.1) is 0 Å². The largest absolute Gasteiger partial charge is 0.380 e. The molecule has 11 heavy (non-hydrogen) atoms. The van der Waals surface area contributed by atoms with E-state index in [-0.39, 0.29) is 0 Å². The Morgan fingerprint density at radius 2 is 1.73 bits per heavy atom. The van der Waals surface area contributed by atoms with Crippen molar-refractivity contribution in [3.8, 4) is 0 Å². The van der Waals surface area contributed by atoms with Crippen LogP contribution in [0.3, 0.4) is 0 Å². The molecule has 66 valence electrons. The molecule has 1 aliphatic rings. The summed E-state index contributed by atoms with van der Waals surface area (Å²) in [5.41, 5.74) is 0. The fraction of sp³-hybridized carbons (Fsp3) is 1.00. The van der Waals surface area contributed by atoms with Gasteiger partial charge in [-0.15, -0.1) is 0 Å². The maximum absolute atomic E-state index is 5.28. The lowest BCUT2D eigenvalue weighted by atomic mass is 10.2. The number of methoxy groups -OCH3 is 1. The van der Waals surface area contributed by atoms with Crippen LogP contribution in [0.4, 0.5) is 0 Å². The maximum atomic E-state index is 5.28. The van der Waals surface area contributed by atoms with Crippen LogP contribution in [0.1, 0.15) is 26.7 Å². The molecule has 0 saturated carbocycles. The van der Waals surface area contributed by atoms with Crippen molar-refractivity contribution in [1.82, 2.24) is 4.90 Å². The Kier molecular flexibility index (Phi) is 3.34. The summed E-state index contributed by atoms with van der Waals surface area (Å²) in [7, 11) is 1.79. The molecule has 1 aliphatic heterocycles. The molecular weight excluding hydrogens is 138 g/mol. The molecular formula is C9H19NO. The van der Waals surface area contributed by atoms with Gasteiger partial charge in [-0.25, -0.2) is 0 Å². The average Bonchev–Trinajstić information content (AvgIpc) is 2.53. The summed E-state index contributed by atoms with van der Waals surface area (Å²) < 4.78 is 5.28. The fourth-order valence-corrected chi connectivity index (χ4v) is 1.64. The van der Waals surface area contributed by atoms with Crippen molar-refractivity contribution >= 4 is 0 Å². The van der Waals surface area contributed by atoms with Crippen LogP contribution in [0.5, 0.6) is 0 Å². The minimum atomic E-state index is 0.369. The molecule has 0 aliphatic carbocycles. The highest BCUT2D eigenvalue weighted by Gasteiger charge is 2.22. The van der Waals surface area contributed by atoms with Crippen molar-refractivity contribution in [3.05, 3.63) is 0 Å². The van der Waals surface area contributed by atoms with Crippen molar-refractivity contribution < 1.29 is 4.74 Å². The predicted octanol–water partition coefficient (Wildman–Crippen LogP) is 1.51. The monoisotopic (exact) mass is 157 g/mol. The van der Waals surface area contributed by atoms with Crippen molar-refractivity contribution in [2.75, 3.05) is 20.2 Å². The quantitative estimate of drug-likeness (QED) is 0.615. The summed E-state index contributed by atoms with van der Waals surface area (Å²) in [6.45, 7) is 6.91. The van der Waals surface area contributed by atoms with Crippen LogP contribution in [0.2, 0.25) is 0 Å². The van der Waals surface area contributed by atoms with E-state index in [1.807, 2.05) is 0 Å². The Morgan fingerprint density at radius 1 is 1.18 bits per heavy atom. The molecule has 0 amide bonds. The summed E-state index contributed by atoms with van der Waals surface area (Å²) in [5.74, 6) is 0. The third kappa shape index (κ3) is 2.17. The van der Waals surface area contributed by atoms with Gasteiger partial charge in [0.2, 0.25) is 0 Å². The fourth-order valence-electron chi connectivity index (χ4n) is 1.64. The minimum Gasteiger partial charge on any atom is -0.380 e. The molecule has 1 saturated heterocycles. The second-order valence-corrected chi connectivity index (χ2v) is 3.42. The number of rotatable bonds is 3. The third-order valence-corrected chi connectivity index (χ3v) is 2.77. The van der Waals surface area contributed by atoms with Crippen molar-refractivity contribution in [2.45, 2.75) is 38.8 Å². The number of hydrogen-bond acceptors (Lipinski definition) is 2. The van der Waals surface area contributed by atoms with E-state index < -0.39 is 0 Å². The second kappa shape index (κ2) is 4.07. The SMILES string of the molecule is COC(C)[C@@H](C)N1CCCC1. The summed E-state index contributed by atoms with van der Waals surface area (Å²) in [6, 6.07) is 0.586. The van der Waals surface area contributed by atoms with Crippen LogP contribution >= 0.6 is 0 Å². The first-order valence-corrected chi connectivity index (χ1v) is 4.52. The molecule has 0 aromatic heterocycles. The molecule has 2 nitrogen and oxygen atoms in total. The van der Waals surface area contributed by atoms with Crippen LogP contribution in [-0.2, 0) is 4.74 Å². The van der Waals surface area contributed by atoms with E-state index in [1.54, 1.807) is 7.11 Å². The zero-order valence-corrected chi connectivity index (χ0v) is 7.84. The first kappa shape index (κ1) is 9.01. The summed E-state index contributed by atoms with van der Waals surface area (Å²) in [6.07, 6.45) is 3.09. The van der Waals surface area contributed by atoms with Crippen LogP contribution in [0.25, 0.3) is 0 Å². The Labute approximate surface area is 69.5 Å². The van der Waals surface area contributed by atoms with Crippen LogP contribution < -0.4 is 0 Å². The molecule has 2 atom stereocenters. The Bertz CT molecular complexity index is 110. The molecule has 0 aromatic rings. The molecule has 2 heteroatoms. The van der Waals surface area contributed by atoms with Crippen molar-refractivity contribution in [3.63, 3.8) is 0 Å². The molecule has 0 radical (unpaired) electrons. The third-order valence-electron chi connectivity index (χ3n) is 2.77. The Hall–Kier alpha value is -0.0800. The molecule has 1 unspecified atom stereocenters. The second-order valence-electron chi connectivity index (χ2n) is 3.42. The van der Waals surface area contributed by atoms with Gasteiger partial charge < -0.3 is 4.74 Å². The van der Waals surface area contributed by atoms with Gasteiger partial charge in [0, 0.05) is 13.2 Å². The van der Waals surface area contributed by atoms with Gasteiger partial charge in [0.05, 0.1) is 6.10 Å². The molecule has 1 rings (SSSR count). The minimum absolute atomic E-state index is 0.369. The van der Waals surface area contributed by atoms with E-state index in [1.165, 1.54) is 25.9 Å². The van der Waals surface area contributed by atoms with E-state index in [0.29, 0.717) is 12.1 Å². The smallest absolute Gasteiger partial charge is 0.0695 e. The average molecular weight is 157 g/mol. The Morgan fingerprint density at radius 3 is 2.18 bits per heavy atom. The number of ether oxygens (including phenoxy) is 1. The molecule has 1 fully saturated rings. The summed E-state index contributed by atoms with van der Waals surface area (Å²) >= 11 is 0. The van der Waals surface area contributed by atoms with E-state index in [2.05, 4.69) is 18.7 Å². The van der Waals surface area contributed by atoms with Gasteiger partial charge in [-0.2, -0.15) is 0 Å². The van der Waals surface area contributed by atoms with Gasteiger partial charge in [-0.1, -0.05) is 0 Å². The van der Waals surface area contributed by atoms with E-state index in [9.17, 15) is 0 Å². The maximum Gasteiger partial charge on any atom is 0.0695 e. The first-order chi connectivity index (χ1) is 5.25. The number of likely N-dealkylation sites (tertiary alicyclic amines) is 1. The number of nitrogens with zero attached hydrogens (tertiary/aromatic N) is 1. The summed E-state index contributed by atoms with van der Waals surface area (Å²) in [5, 5.41) is 0. The van der Waals surface area contributed by atoms with Gasteiger partial charge in [-0.3, -0.25) is 4.90 Å². The molecule has 0 aromatic carbocycles. The normalized spacial score (nSPS) is 25.4. The van der Waals surface area contributed by atoms with Gasteiger partial charge in [0.25, 0.3) is 0 Å². The van der Waals surface area contributed by atoms with E-state index >= 15 is 0 Å². The van der Waals surface area contributed by atoms with Crippen molar-refractivity contribution in [1.29, 1.82) is 0 Å². The highest BCUT2D eigenvalue weighted by atomic mass is 16.5. The highest BCUT2D eigenvalue weighted by molar-refractivity contribution is 4.76. The summed E-state index contributed by atoms with van der Waals surface area (Å²) in [4.78, 5) is 2.51. The molecule has 0 N–H and O–H groups in total. The van der Waals surface area contributed by atoms with Gasteiger partial charge in [-0.05, 0) is 39.8 Å². The van der Waals surface area contributed by atoms with E-state index in [4.69, 9.17) is 4.74 Å². The van der Waals surface area contributed by atoms with Gasteiger partial charge in [0.15, 0.2) is 0 Å². The predicted molar refractivity (Wildman–Crippen MR) is 46.7 cm³/mol. The van der Waals surface area contributed by atoms with Crippen LogP contribution in [-0.4, -0.2) is 37.2 Å². The van der Waals surface area contributed by atoms with E-state index in [0.717, 1.165) is 0 Å².